The van der Waals surface area contributed by atoms with Gasteiger partial charge >= 0.3 is 0 Å². The molecule has 6 fully saturated rings. The predicted molar refractivity (Wildman–Crippen MR) is 110 cm³/mol. The van der Waals surface area contributed by atoms with Gasteiger partial charge in [-0.05, 0) is 94.5 Å². The highest BCUT2D eigenvalue weighted by Crippen LogP contribution is 2.62. The summed E-state index contributed by atoms with van der Waals surface area (Å²) in [7, 11) is -3.07. The maximum absolute atomic E-state index is 12.9. The second-order valence-electron chi connectivity index (χ2n) is 10.5. The second kappa shape index (κ2) is 6.83. The molecule has 4 aliphatic carbocycles. The number of allylic oxidation sites excluding steroid dienone is 1. The number of amides is 1. The van der Waals surface area contributed by atoms with Crippen LogP contribution in [0.15, 0.2) is 11.6 Å². The molecule has 0 spiro atoms. The SMILES string of the molecule is CC(=CC(=O)NC1CS(=O)(=O)CC1N1CCCC1)C12CC3CC(CC(C3)C1)C2. The van der Waals surface area contributed by atoms with Gasteiger partial charge < -0.3 is 5.32 Å². The lowest BCUT2D eigenvalue weighted by Crippen LogP contribution is -2.50. The molecule has 28 heavy (non-hydrogen) atoms. The molecule has 156 valence electrons. The predicted octanol–water partition coefficient (Wildman–Crippen LogP) is 2.53. The first kappa shape index (κ1) is 19.1. The zero-order chi connectivity index (χ0) is 19.5. The van der Waals surface area contributed by atoms with Gasteiger partial charge in [0.15, 0.2) is 9.84 Å². The number of nitrogens with one attached hydrogen (secondary N) is 1. The van der Waals surface area contributed by atoms with Crippen LogP contribution in [0.3, 0.4) is 0 Å². The van der Waals surface area contributed by atoms with E-state index in [1.807, 2.05) is 6.08 Å². The third kappa shape index (κ3) is 3.45. The van der Waals surface area contributed by atoms with E-state index in [1.165, 1.54) is 44.1 Å². The number of sulfone groups is 1. The van der Waals surface area contributed by atoms with Crippen molar-refractivity contribution >= 4 is 15.7 Å². The quantitative estimate of drug-likeness (QED) is 0.729. The second-order valence-corrected chi connectivity index (χ2v) is 12.7. The van der Waals surface area contributed by atoms with E-state index in [0.717, 1.165) is 43.7 Å². The van der Waals surface area contributed by atoms with Gasteiger partial charge in [-0.15, -0.1) is 0 Å². The summed E-state index contributed by atoms with van der Waals surface area (Å²) in [6.45, 7) is 4.06. The number of carbonyl (C=O) groups is 1. The molecule has 0 aromatic heterocycles. The van der Waals surface area contributed by atoms with Crippen LogP contribution >= 0.6 is 0 Å². The Hall–Kier alpha value is -0.880. The fourth-order valence-corrected chi connectivity index (χ4v) is 9.52. The molecular formula is C22H34N2O3S. The van der Waals surface area contributed by atoms with Crippen LogP contribution < -0.4 is 5.32 Å². The molecule has 2 unspecified atom stereocenters. The summed E-state index contributed by atoms with van der Waals surface area (Å²) in [5.41, 5.74) is 1.48. The fraction of sp³-hybridized carbons (Fsp3) is 0.864. The van der Waals surface area contributed by atoms with Crippen LogP contribution in [0.2, 0.25) is 0 Å². The molecule has 2 saturated heterocycles. The number of likely N-dealkylation sites (tertiary alicyclic amines) is 1. The van der Waals surface area contributed by atoms with E-state index in [-0.39, 0.29) is 34.9 Å². The molecule has 0 radical (unpaired) electrons. The number of nitrogens with zero attached hydrogens (tertiary/aromatic N) is 1. The van der Waals surface area contributed by atoms with E-state index >= 15 is 0 Å². The highest BCUT2D eigenvalue weighted by Gasteiger charge is 2.51. The van der Waals surface area contributed by atoms with Gasteiger partial charge in [-0.2, -0.15) is 0 Å². The summed E-state index contributed by atoms with van der Waals surface area (Å²) in [5, 5.41) is 3.09. The highest BCUT2D eigenvalue weighted by molar-refractivity contribution is 7.91. The molecule has 4 bridgehead atoms. The van der Waals surface area contributed by atoms with Gasteiger partial charge in [-0.1, -0.05) is 5.57 Å². The van der Waals surface area contributed by atoms with E-state index in [4.69, 9.17) is 0 Å². The van der Waals surface area contributed by atoms with Gasteiger partial charge in [0.2, 0.25) is 5.91 Å². The van der Waals surface area contributed by atoms with Crippen molar-refractivity contribution in [3.8, 4) is 0 Å². The van der Waals surface area contributed by atoms with Crippen LogP contribution in [0, 0.1) is 23.2 Å². The number of hydrogen-bond donors (Lipinski definition) is 1. The molecule has 5 nitrogen and oxygen atoms in total. The lowest BCUT2D eigenvalue weighted by molar-refractivity contribution is -0.117. The Balaban J connectivity index is 1.30. The van der Waals surface area contributed by atoms with Crippen molar-refractivity contribution in [1.29, 1.82) is 0 Å². The van der Waals surface area contributed by atoms with Gasteiger partial charge in [-0.25, -0.2) is 8.42 Å². The number of rotatable bonds is 4. The normalized spacial score (nSPS) is 44.9. The Morgan fingerprint density at radius 3 is 2.14 bits per heavy atom. The Labute approximate surface area is 169 Å². The van der Waals surface area contributed by atoms with Gasteiger partial charge in [0, 0.05) is 12.1 Å². The van der Waals surface area contributed by atoms with E-state index < -0.39 is 9.84 Å². The molecule has 6 rings (SSSR count). The first-order chi connectivity index (χ1) is 13.3. The maximum Gasteiger partial charge on any atom is 0.244 e. The topological polar surface area (TPSA) is 66.5 Å². The summed E-state index contributed by atoms with van der Waals surface area (Å²) in [6, 6.07) is -0.319. The molecule has 6 heteroatoms. The smallest absolute Gasteiger partial charge is 0.244 e. The van der Waals surface area contributed by atoms with Gasteiger partial charge in [0.05, 0.1) is 17.5 Å². The lowest BCUT2D eigenvalue weighted by atomic mass is 9.48. The first-order valence-corrected chi connectivity index (χ1v) is 13.1. The molecule has 0 aromatic rings. The average Bonchev–Trinajstić information content (AvgIpc) is 3.21. The van der Waals surface area contributed by atoms with Crippen molar-refractivity contribution in [1.82, 2.24) is 10.2 Å². The molecular weight excluding hydrogens is 372 g/mol. The van der Waals surface area contributed by atoms with Crippen LogP contribution in [0.1, 0.15) is 58.3 Å². The third-order valence-electron chi connectivity index (χ3n) is 8.48. The van der Waals surface area contributed by atoms with Gasteiger partial charge in [0.25, 0.3) is 0 Å². The van der Waals surface area contributed by atoms with E-state index in [1.54, 1.807) is 0 Å². The monoisotopic (exact) mass is 406 g/mol. The highest BCUT2D eigenvalue weighted by atomic mass is 32.2. The average molecular weight is 407 g/mol. The summed E-state index contributed by atoms with van der Waals surface area (Å²) in [5.74, 6) is 2.77. The first-order valence-electron chi connectivity index (χ1n) is 11.3. The van der Waals surface area contributed by atoms with Crippen LogP contribution in [0.25, 0.3) is 0 Å². The van der Waals surface area contributed by atoms with E-state index in [2.05, 4.69) is 17.1 Å². The van der Waals surface area contributed by atoms with Gasteiger partial charge in [0.1, 0.15) is 0 Å². The van der Waals surface area contributed by atoms with Crippen molar-refractivity contribution < 1.29 is 13.2 Å². The van der Waals surface area contributed by atoms with Crippen LogP contribution in [0.5, 0.6) is 0 Å². The fourth-order valence-electron chi connectivity index (χ4n) is 7.57. The van der Waals surface area contributed by atoms with E-state index in [9.17, 15) is 13.2 Å². The Morgan fingerprint density at radius 2 is 1.57 bits per heavy atom. The zero-order valence-corrected chi connectivity index (χ0v) is 17.8. The molecule has 2 aliphatic heterocycles. The minimum Gasteiger partial charge on any atom is -0.347 e. The minimum atomic E-state index is -3.07. The largest absolute Gasteiger partial charge is 0.347 e. The van der Waals surface area contributed by atoms with Crippen LogP contribution in [-0.2, 0) is 14.6 Å². The summed E-state index contributed by atoms with van der Waals surface area (Å²) >= 11 is 0. The van der Waals surface area contributed by atoms with Crippen molar-refractivity contribution in [2.75, 3.05) is 24.6 Å². The van der Waals surface area contributed by atoms with Crippen molar-refractivity contribution in [3.05, 3.63) is 11.6 Å². The Bertz CT molecular complexity index is 746. The van der Waals surface area contributed by atoms with Crippen LogP contribution in [-0.4, -0.2) is 55.9 Å². The van der Waals surface area contributed by atoms with Crippen LogP contribution in [0.4, 0.5) is 0 Å². The zero-order valence-electron chi connectivity index (χ0n) is 17.0. The Morgan fingerprint density at radius 1 is 1.00 bits per heavy atom. The minimum absolute atomic E-state index is 0.0512. The standard InChI is InChI=1S/C22H34N2O3S/c1-15(22-10-16-7-17(11-22)9-18(8-16)12-22)6-21(25)23-19-13-28(26,27)14-20(19)24-4-2-3-5-24/h6,16-20H,2-5,7-14H2,1H3,(H,23,25). The summed E-state index contributed by atoms with van der Waals surface area (Å²) in [6.07, 6.45) is 12.0. The van der Waals surface area contributed by atoms with Gasteiger partial charge in [-0.3, -0.25) is 9.69 Å². The molecule has 2 heterocycles. The lowest BCUT2D eigenvalue weighted by Gasteiger charge is -2.57. The molecule has 0 aromatic carbocycles. The number of hydrogen-bond acceptors (Lipinski definition) is 4. The molecule has 1 amide bonds. The maximum atomic E-state index is 12.9. The third-order valence-corrected chi connectivity index (χ3v) is 10.2. The van der Waals surface area contributed by atoms with E-state index in [0.29, 0.717) is 0 Å². The van der Waals surface area contributed by atoms with Crippen molar-refractivity contribution in [2.45, 2.75) is 70.4 Å². The number of carbonyl (C=O) groups excluding carboxylic acids is 1. The molecule has 4 saturated carbocycles. The summed E-state index contributed by atoms with van der Waals surface area (Å²) in [4.78, 5) is 15.1. The molecule has 6 aliphatic rings. The molecule has 1 N–H and O–H groups in total. The van der Waals surface area contributed by atoms with Crippen molar-refractivity contribution in [2.24, 2.45) is 23.2 Å². The molecule has 2 atom stereocenters. The summed E-state index contributed by atoms with van der Waals surface area (Å²) < 4.78 is 24.5. The van der Waals surface area contributed by atoms with Crippen molar-refractivity contribution in [3.63, 3.8) is 0 Å². The Kier molecular flexibility index (Phi) is 4.66.